The van der Waals surface area contributed by atoms with Gasteiger partial charge in [0.2, 0.25) is 0 Å². The zero-order valence-corrected chi connectivity index (χ0v) is 10.2. The Balaban J connectivity index is 3.68. The van der Waals surface area contributed by atoms with Crippen LogP contribution in [-0.4, -0.2) is 22.5 Å². The van der Waals surface area contributed by atoms with Crippen molar-refractivity contribution in [1.82, 2.24) is 0 Å². The zero-order valence-electron chi connectivity index (χ0n) is 10.2. The van der Waals surface area contributed by atoms with Crippen LogP contribution in [0.15, 0.2) is 0 Å². The molecule has 1 rings (SSSR count). The quantitative estimate of drug-likeness (QED) is 0.784. The average molecular weight is 236 g/mol. The van der Waals surface area contributed by atoms with E-state index in [0.29, 0.717) is 23.8 Å². The van der Waals surface area contributed by atoms with E-state index in [-0.39, 0.29) is 17.7 Å². The minimum atomic E-state index is -1.17. The molecule has 0 atom stereocenters. The van der Waals surface area contributed by atoms with Gasteiger partial charge in [-0.2, -0.15) is 0 Å². The minimum absolute atomic E-state index is 0.0381. The Kier molecular flexibility index (Phi) is 3.89. The molecule has 0 spiro atoms. The normalized spacial score (nSPS) is 10.3. The summed E-state index contributed by atoms with van der Waals surface area (Å²) in [5.41, 5.74) is 2.58. The number of rotatable bonds is 4. The minimum Gasteiger partial charge on any atom is -0.507 e. The molecular weight excluding hydrogens is 220 g/mol. The lowest BCUT2D eigenvalue weighted by Crippen LogP contribution is -2.09. The monoisotopic (exact) mass is 236 g/mol. The second-order valence-electron chi connectivity index (χ2n) is 3.96. The van der Waals surface area contributed by atoms with Crippen LogP contribution in [0.4, 0.5) is 0 Å². The van der Waals surface area contributed by atoms with E-state index in [1.165, 1.54) is 0 Å². The third-order valence-electron chi connectivity index (χ3n) is 3.13. The number of aromatic carboxylic acids is 1. The van der Waals surface area contributed by atoms with Crippen LogP contribution in [0.25, 0.3) is 0 Å². The van der Waals surface area contributed by atoms with Crippen molar-refractivity contribution in [3.63, 3.8) is 0 Å². The topological polar surface area (TPSA) is 74.6 Å². The number of phenols is 1. The molecule has 92 valence electrons. The van der Waals surface area contributed by atoms with E-state index in [4.69, 9.17) is 5.11 Å². The standard InChI is InChI=1S/C13H16O4/c1-4-9-7(2)8(3)11(13(16)17)12(15)10(9)5-6-14/h6,15H,4-5H2,1-3H3,(H,16,17). The van der Waals surface area contributed by atoms with Crippen molar-refractivity contribution in [3.05, 3.63) is 27.8 Å². The summed E-state index contributed by atoms with van der Waals surface area (Å²) in [4.78, 5) is 21.7. The Morgan fingerprint density at radius 2 is 1.82 bits per heavy atom. The lowest BCUT2D eigenvalue weighted by molar-refractivity contribution is -0.107. The number of carbonyl (C=O) groups excluding carboxylic acids is 1. The summed E-state index contributed by atoms with van der Waals surface area (Å²) in [6.07, 6.45) is 1.37. The predicted octanol–water partition coefficient (Wildman–Crippen LogP) is 2.01. The Bertz CT molecular complexity index is 475. The highest BCUT2D eigenvalue weighted by molar-refractivity contribution is 5.94. The maximum Gasteiger partial charge on any atom is 0.339 e. The van der Waals surface area contributed by atoms with Crippen LogP contribution in [0.1, 0.15) is 39.5 Å². The van der Waals surface area contributed by atoms with Crippen molar-refractivity contribution in [3.8, 4) is 5.75 Å². The Morgan fingerprint density at radius 3 is 2.24 bits per heavy atom. The van der Waals surface area contributed by atoms with Crippen molar-refractivity contribution in [1.29, 1.82) is 0 Å². The number of carbonyl (C=O) groups is 2. The first-order valence-corrected chi connectivity index (χ1v) is 5.46. The molecule has 0 bridgehead atoms. The SMILES string of the molecule is CCc1c(C)c(C)c(C(=O)O)c(O)c1CC=O. The molecule has 0 heterocycles. The molecule has 0 aromatic heterocycles. The number of aldehydes is 1. The van der Waals surface area contributed by atoms with Crippen LogP contribution in [-0.2, 0) is 17.6 Å². The van der Waals surface area contributed by atoms with Crippen molar-refractivity contribution < 1.29 is 19.8 Å². The average Bonchev–Trinajstić information content (AvgIpc) is 2.26. The first kappa shape index (κ1) is 13.2. The molecule has 0 aliphatic heterocycles. The fourth-order valence-electron chi connectivity index (χ4n) is 2.16. The summed E-state index contributed by atoms with van der Waals surface area (Å²) < 4.78 is 0. The first-order valence-electron chi connectivity index (χ1n) is 5.46. The molecule has 4 nitrogen and oxygen atoms in total. The highest BCUT2D eigenvalue weighted by Gasteiger charge is 2.22. The number of aromatic hydroxyl groups is 1. The van der Waals surface area contributed by atoms with Crippen molar-refractivity contribution >= 4 is 12.3 Å². The highest BCUT2D eigenvalue weighted by atomic mass is 16.4. The van der Waals surface area contributed by atoms with Gasteiger partial charge in [-0.3, -0.25) is 0 Å². The van der Waals surface area contributed by atoms with Gasteiger partial charge in [-0.1, -0.05) is 6.92 Å². The van der Waals surface area contributed by atoms with E-state index in [9.17, 15) is 14.7 Å². The Labute approximate surface area is 99.9 Å². The Morgan fingerprint density at radius 1 is 1.24 bits per heavy atom. The zero-order chi connectivity index (χ0) is 13.2. The molecule has 0 aliphatic carbocycles. The van der Waals surface area contributed by atoms with Gasteiger partial charge in [0.1, 0.15) is 17.6 Å². The second kappa shape index (κ2) is 4.99. The molecule has 0 unspecified atom stereocenters. The molecular formula is C13H16O4. The summed E-state index contributed by atoms with van der Waals surface area (Å²) in [6, 6.07) is 0. The Hall–Kier alpha value is -1.84. The predicted molar refractivity (Wildman–Crippen MR) is 63.7 cm³/mol. The van der Waals surface area contributed by atoms with Gasteiger partial charge in [0.25, 0.3) is 0 Å². The molecule has 17 heavy (non-hydrogen) atoms. The number of carboxylic acid groups (broad SMARTS) is 1. The molecule has 0 saturated heterocycles. The highest BCUT2D eigenvalue weighted by Crippen LogP contribution is 2.33. The molecule has 0 saturated carbocycles. The molecule has 0 radical (unpaired) electrons. The van der Waals surface area contributed by atoms with Crippen molar-refractivity contribution in [2.75, 3.05) is 0 Å². The second-order valence-corrected chi connectivity index (χ2v) is 3.96. The van der Waals surface area contributed by atoms with E-state index in [0.717, 1.165) is 11.1 Å². The lowest BCUT2D eigenvalue weighted by Gasteiger charge is -2.17. The molecule has 1 aromatic rings. The summed E-state index contributed by atoms with van der Waals surface area (Å²) >= 11 is 0. The number of hydrogen-bond acceptors (Lipinski definition) is 3. The van der Waals surface area contributed by atoms with Crippen molar-refractivity contribution in [2.24, 2.45) is 0 Å². The lowest BCUT2D eigenvalue weighted by atomic mass is 9.89. The van der Waals surface area contributed by atoms with Gasteiger partial charge >= 0.3 is 5.97 Å². The largest absolute Gasteiger partial charge is 0.507 e. The van der Waals surface area contributed by atoms with Crippen LogP contribution < -0.4 is 0 Å². The van der Waals surface area contributed by atoms with Gasteiger partial charge < -0.3 is 15.0 Å². The number of carboxylic acids is 1. The molecule has 1 aromatic carbocycles. The molecule has 0 fully saturated rings. The summed E-state index contributed by atoms with van der Waals surface area (Å²) in [7, 11) is 0. The van der Waals surface area contributed by atoms with E-state index in [2.05, 4.69) is 0 Å². The first-order chi connectivity index (χ1) is 7.95. The maximum absolute atomic E-state index is 11.1. The van der Waals surface area contributed by atoms with Gasteiger partial charge in [-0.05, 0) is 37.0 Å². The van der Waals surface area contributed by atoms with Gasteiger partial charge in [0, 0.05) is 12.0 Å². The summed E-state index contributed by atoms with van der Waals surface area (Å²) in [6.45, 7) is 5.40. The molecule has 0 aliphatic rings. The van der Waals surface area contributed by atoms with E-state index in [1.807, 2.05) is 13.8 Å². The van der Waals surface area contributed by atoms with Crippen LogP contribution in [0.3, 0.4) is 0 Å². The summed E-state index contributed by atoms with van der Waals surface area (Å²) in [5, 5.41) is 19.0. The van der Waals surface area contributed by atoms with E-state index in [1.54, 1.807) is 6.92 Å². The van der Waals surface area contributed by atoms with Crippen LogP contribution in [0.2, 0.25) is 0 Å². The summed E-state index contributed by atoms with van der Waals surface area (Å²) in [5.74, 6) is -1.44. The van der Waals surface area contributed by atoms with Crippen LogP contribution in [0, 0.1) is 13.8 Å². The maximum atomic E-state index is 11.1. The fraction of sp³-hybridized carbons (Fsp3) is 0.385. The van der Waals surface area contributed by atoms with E-state index >= 15 is 0 Å². The van der Waals surface area contributed by atoms with Crippen molar-refractivity contribution in [2.45, 2.75) is 33.6 Å². The van der Waals surface area contributed by atoms with E-state index < -0.39 is 5.97 Å². The van der Waals surface area contributed by atoms with Gasteiger partial charge in [0.05, 0.1) is 0 Å². The molecule has 2 N–H and O–H groups in total. The fourth-order valence-corrected chi connectivity index (χ4v) is 2.16. The van der Waals surface area contributed by atoms with Crippen LogP contribution >= 0.6 is 0 Å². The smallest absolute Gasteiger partial charge is 0.339 e. The third kappa shape index (κ3) is 2.16. The number of hydrogen-bond donors (Lipinski definition) is 2. The van der Waals surface area contributed by atoms with Gasteiger partial charge in [-0.25, -0.2) is 4.79 Å². The molecule has 4 heteroatoms. The van der Waals surface area contributed by atoms with Crippen LogP contribution in [0.5, 0.6) is 5.75 Å². The number of benzene rings is 1. The third-order valence-corrected chi connectivity index (χ3v) is 3.13. The van der Waals surface area contributed by atoms with Gasteiger partial charge in [-0.15, -0.1) is 0 Å². The van der Waals surface area contributed by atoms with Gasteiger partial charge in [0.15, 0.2) is 0 Å². The molecule has 0 amide bonds.